The fourth-order valence-corrected chi connectivity index (χ4v) is 3.68. The van der Waals surface area contributed by atoms with Crippen LogP contribution in [0.15, 0.2) is 40.9 Å². The summed E-state index contributed by atoms with van der Waals surface area (Å²) < 4.78 is 20.2. The third kappa shape index (κ3) is 6.36. The Hall–Kier alpha value is -1.76. The summed E-state index contributed by atoms with van der Waals surface area (Å²) in [5, 5.41) is 2.96. The molecule has 3 rings (SSSR count). The molecule has 0 spiro atoms. The van der Waals surface area contributed by atoms with E-state index in [1.165, 1.54) is 6.07 Å². The van der Waals surface area contributed by atoms with E-state index in [1.54, 1.807) is 12.1 Å². The van der Waals surface area contributed by atoms with Crippen LogP contribution in [0, 0.1) is 5.82 Å². The first-order valence-corrected chi connectivity index (χ1v) is 10.7. The minimum Gasteiger partial charge on any atom is -0.379 e. The van der Waals surface area contributed by atoms with Crippen LogP contribution in [-0.2, 0) is 27.9 Å². The van der Waals surface area contributed by atoms with Gasteiger partial charge >= 0.3 is 0 Å². The zero-order chi connectivity index (χ0) is 21.0. The van der Waals surface area contributed by atoms with Crippen molar-refractivity contribution in [3.63, 3.8) is 0 Å². The first-order chi connectivity index (χ1) is 13.7. The van der Waals surface area contributed by atoms with Crippen LogP contribution < -0.4 is 5.32 Å². The van der Waals surface area contributed by atoms with Crippen LogP contribution in [0.4, 0.5) is 10.1 Å². The van der Waals surface area contributed by atoms with Crippen molar-refractivity contribution in [2.75, 3.05) is 31.6 Å². The lowest BCUT2D eigenvalue weighted by Crippen LogP contribution is -2.35. The van der Waals surface area contributed by atoms with E-state index in [9.17, 15) is 9.18 Å². The molecule has 1 saturated heterocycles. The molecule has 1 heterocycles. The van der Waals surface area contributed by atoms with E-state index in [0.29, 0.717) is 10.0 Å². The van der Waals surface area contributed by atoms with E-state index < -0.39 is 0 Å². The molecule has 0 aliphatic carbocycles. The van der Waals surface area contributed by atoms with Crippen molar-refractivity contribution in [3.05, 3.63) is 63.4 Å². The number of nitrogens with zero attached hydrogens (tertiary/aromatic N) is 1. The maximum Gasteiger partial charge on any atom is 0.228 e. The Morgan fingerprint density at radius 2 is 1.90 bits per heavy atom. The van der Waals surface area contributed by atoms with Crippen LogP contribution >= 0.6 is 15.9 Å². The molecule has 0 aromatic heterocycles. The average Bonchev–Trinajstić information content (AvgIpc) is 2.64. The van der Waals surface area contributed by atoms with Gasteiger partial charge in [0, 0.05) is 29.8 Å². The number of halogens is 2. The van der Waals surface area contributed by atoms with Gasteiger partial charge in [0.25, 0.3) is 0 Å². The monoisotopic (exact) mass is 462 g/mol. The SMILES string of the molecule is CC(C)(C)c1cc(CN2CCOCC2)cc(NC(=O)Cc2ccc(Br)cc2F)c1. The molecule has 1 N–H and O–H groups in total. The molecular formula is C23H28BrFN2O2. The highest BCUT2D eigenvalue weighted by Crippen LogP contribution is 2.27. The van der Waals surface area contributed by atoms with E-state index in [-0.39, 0.29) is 23.6 Å². The zero-order valence-electron chi connectivity index (χ0n) is 17.2. The molecule has 0 bridgehead atoms. The van der Waals surface area contributed by atoms with Crippen molar-refractivity contribution in [2.45, 2.75) is 39.2 Å². The molecule has 1 aliphatic rings. The van der Waals surface area contributed by atoms with Crippen molar-refractivity contribution < 1.29 is 13.9 Å². The van der Waals surface area contributed by atoms with Gasteiger partial charge in [-0.05, 0) is 46.4 Å². The third-order valence-electron chi connectivity index (χ3n) is 5.02. The predicted molar refractivity (Wildman–Crippen MR) is 118 cm³/mol. The average molecular weight is 463 g/mol. The fraction of sp³-hybridized carbons (Fsp3) is 0.435. The summed E-state index contributed by atoms with van der Waals surface area (Å²) in [6.45, 7) is 10.6. The van der Waals surface area contributed by atoms with Crippen LogP contribution in [0.5, 0.6) is 0 Å². The molecule has 4 nitrogen and oxygen atoms in total. The lowest BCUT2D eigenvalue weighted by Gasteiger charge is -2.28. The zero-order valence-corrected chi connectivity index (χ0v) is 18.8. The Bertz CT molecular complexity index is 874. The topological polar surface area (TPSA) is 41.6 Å². The second kappa shape index (κ2) is 9.37. The number of anilines is 1. The lowest BCUT2D eigenvalue weighted by molar-refractivity contribution is -0.115. The normalized spacial score (nSPS) is 15.3. The number of morpholine rings is 1. The smallest absolute Gasteiger partial charge is 0.228 e. The minimum atomic E-state index is -0.383. The van der Waals surface area contributed by atoms with E-state index in [0.717, 1.165) is 49.7 Å². The molecule has 0 saturated carbocycles. The number of carbonyl (C=O) groups excluding carboxylic acids is 1. The molecular weight excluding hydrogens is 435 g/mol. The van der Waals surface area contributed by atoms with Crippen LogP contribution in [0.1, 0.15) is 37.5 Å². The summed E-state index contributed by atoms with van der Waals surface area (Å²) in [4.78, 5) is 14.9. The maximum atomic E-state index is 14.1. The van der Waals surface area contributed by atoms with Gasteiger partial charge in [-0.2, -0.15) is 0 Å². The standard InChI is InChI=1S/C23H28BrFN2O2/c1-23(2,3)18-10-16(15-27-6-8-29-9-7-27)11-20(13-18)26-22(28)12-17-4-5-19(24)14-21(17)25/h4-5,10-11,13-14H,6-9,12,15H2,1-3H3,(H,26,28). The fourth-order valence-electron chi connectivity index (χ4n) is 3.35. The molecule has 0 atom stereocenters. The molecule has 1 fully saturated rings. The van der Waals surface area contributed by atoms with Gasteiger partial charge in [0.15, 0.2) is 0 Å². The van der Waals surface area contributed by atoms with Gasteiger partial charge in [-0.25, -0.2) is 4.39 Å². The summed E-state index contributed by atoms with van der Waals surface area (Å²) in [7, 11) is 0. The first kappa shape index (κ1) is 21.9. The third-order valence-corrected chi connectivity index (χ3v) is 5.51. The highest BCUT2D eigenvalue weighted by molar-refractivity contribution is 9.10. The van der Waals surface area contributed by atoms with Gasteiger partial charge in [0.1, 0.15) is 5.82 Å². The molecule has 156 valence electrons. The van der Waals surface area contributed by atoms with Gasteiger partial charge in [0.2, 0.25) is 5.91 Å². The summed E-state index contributed by atoms with van der Waals surface area (Å²) in [6.07, 6.45) is -0.00233. The van der Waals surface area contributed by atoms with Crippen molar-refractivity contribution >= 4 is 27.5 Å². The number of nitrogens with one attached hydrogen (secondary N) is 1. The number of rotatable bonds is 5. The Kier molecular flexibility index (Phi) is 7.09. The van der Waals surface area contributed by atoms with Gasteiger partial charge in [-0.3, -0.25) is 9.69 Å². The highest BCUT2D eigenvalue weighted by atomic mass is 79.9. The first-order valence-electron chi connectivity index (χ1n) is 9.89. The Labute approximate surface area is 180 Å². The lowest BCUT2D eigenvalue weighted by atomic mass is 9.85. The van der Waals surface area contributed by atoms with Gasteiger partial charge in [0.05, 0.1) is 19.6 Å². The number of benzene rings is 2. The van der Waals surface area contributed by atoms with Gasteiger partial charge in [-0.1, -0.05) is 48.8 Å². The second-order valence-electron chi connectivity index (χ2n) is 8.52. The Balaban J connectivity index is 1.77. The van der Waals surface area contributed by atoms with Gasteiger partial charge in [-0.15, -0.1) is 0 Å². The van der Waals surface area contributed by atoms with E-state index >= 15 is 0 Å². The maximum absolute atomic E-state index is 14.1. The summed E-state index contributed by atoms with van der Waals surface area (Å²) in [5.41, 5.74) is 3.41. The van der Waals surface area contributed by atoms with E-state index in [1.807, 2.05) is 12.1 Å². The Morgan fingerprint density at radius 1 is 1.17 bits per heavy atom. The molecule has 6 heteroatoms. The number of hydrogen-bond acceptors (Lipinski definition) is 3. The molecule has 0 unspecified atom stereocenters. The van der Waals surface area contributed by atoms with Crippen LogP contribution in [0.2, 0.25) is 0 Å². The van der Waals surface area contributed by atoms with Crippen molar-refractivity contribution in [2.24, 2.45) is 0 Å². The molecule has 1 amide bonds. The van der Waals surface area contributed by atoms with Crippen LogP contribution in [0.25, 0.3) is 0 Å². The largest absolute Gasteiger partial charge is 0.379 e. The molecule has 29 heavy (non-hydrogen) atoms. The summed E-state index contributed by atoms with van der Waals surface area (Å²) >= 11 is 3.24. The Morgan fingerprint density at radius 3 is 2.55 bits per heavy atom. The van der Waals surface area contributed by atoms with Crippen molar-refractivity contribution in [3.8, 4) is 0 Å². The number of carbonyl (C=O) groups is 1. The molecule has 2 aromatic carbocycles. The van der Waals surface area contributed by atoms with E-state index in [2.05, 4.69) is 53.0 Å². The van der Waals surface area contributed by atoms with Gasteiger partial charge < -0.3 is 10.1 Å². The minimum absolute atomic E-state index is 0.00233. The predicted octanol–water partition coefficient (Wildman–Crippen LogP) is 4.90. The number of ether oxygens (including phenoxy) is 1. The number of amides is 1. The van der Waals surface area contributed by atoms with E-state index in [4.69, 9.17) is 4.74 Å². The quantitative estimate of drug-likeness (QED) is 0.686. The summed E-state index contributed by atoms with van der Waals surface area (Å²) in [5.74, 6) is -0.611. The van der Waals surface area contributed by atoms with Crippen molar-refractivity contribution in [1.29, 1.82) is 0 Å². The molecule has 0 radical (unpaired) electrons. The highest BCUT2D eigenvalue weighted by Gasteiger charge is 2.18. The van der Waals surface area contributed by atoms with Crippen LogP contribution in [-0.4, -0.2) is 37.1 Å². The summed E-state index contributed by atoms with van der Waals surface area (Å²) in [6, 6.07) is 11.0. The molecule has 2 aromatic rings. The van der Waals surface area contributed by atoms with Crippen LogP contribution in [0.3, 0.4) is 0 Å². The van der Waals surface area contributed by atoms with Crippen molar-refractivity contribution in [1.82, 2.24) is 4.90 Å². The second-order valence-corrected chi connectivity index (χ2v) is 9.43. The molecule has 1 aliphatic heterocycles. The number of hydrogen-bond donors (Lipinski definition) is 1.